The highest BCUT2D eigenvalue weighted by Gasteiger charge is 2.07. The fourth-order valence-corrected chi connectivity index (χ4v) is 3.29. The molecule has 0 saturated heterocycles. The van der Waals surface area contributed by atoms with Crippen LogP contribution in [0, 0.1) is 0 Å². The Morgan fingerprint density at radius 2 is 1.84 bits per heavy atom. The van der Waals surface area contributed by atoms with E-state index >= 15 is 0 Å². The van der Waals surface area contributed by atoms with Gasteiger partial charge in [0, 0.05) is 23.3 Å². The van der Waals surface area contributed by atoms with Gasteiger partial charge in [-0.3, -0.25) is 4.79 Å². The predicted molar refractivity (Wildman–Crippen MR) is 124 cm³/mol. The van der Waals surface area contributed by atoms with Gasteiger partial charge in [0.1, 0.15) is 0 Å². The third kappa shape index (κ3) is 9.61. The first-order valence-electron chi connectivity index (χ1n) is 10.3. The lowest BCUT2D eigenvalue weighted by Crippen LogP contribution is -2.30. The highest BCUT2D eigenvalue weighted by Crippen LogP contribution is 2.29. The van der Waals surface area contributed by atoms with Crippen LogP contribution in [-0.2, 0) is 14.3 Å². The Kier molecular flexibility index (Phi) is 11.1. The van der Waals surface area contributed by atoms with E-state index in [1.807, 2.05) is 56.3 Å². The Balaban J connectivity index is 1.73. The van der Waals surface area contributed by atoms with Gasteiger partial charge in [0.2, 0.25) is 0 Å². The minimum Gasteiger partial charge on any atom is -0.490 e. The van der Waals surface area contributed by atoms with Gasteiger partial charge >= 0.3 is 5.97 Å². The Labute approximate surface area is 188 Å². The molecule has 166 valence electrons. The van der Waals surface area contributed by atoms with Gasteiger partial charge in [0.05, 0.1) is 13.2 Å². The van der Waals surface area contributed by atoms with Gasteiger partial charge in [0.15, 0.2) is 18.1 Å². The summed E-state index contributed by atoms with van der Waals surface area (Å²) in [5.74, 6) is 1.12. The Morgan fingerprint density at radius 3 is 2.58 bits per heavy atom. The lowest BCUT2D eigenvalue weighted by Gasteiger charge is -2.12. The molecule has 0 aliphatic rings. The Morgan fingerprint density at radius 1 is 1.03 bits per heavy atom. The summed E-state index contributed by atoms with van der Waals surface area (Å²) < 4.78 is 16.3. The molecule has 1 N–H and O–H groups in total. The molecule has 0 spiro atoms. The van der Waals surface area contributed by atoms with E-state index in [-0.39, 0.29) is 12.5 Å². The van der Waals surface area contributed by atoms with Crippen molar-refractivity contribution in [1.29, 1.82) is 0 Å². The van der Waals surface area contributed by atoms with Crippen molar-refractivity contribution in [3.05, 3.63) is 60.2 Å². The van der Waals surface area contributed by atoms with E-state index in [4.69, 9.17) is 14.2 Å². The van der Waals surface area contributed by atoms with Crippen molar-refractivity contribution in [2.45, 2.75) is 25.2 Å². The molecule has 0 aliphatic heterocycles. The lowest BCUT2D eigenvalue weighted by molar-refractivity contribution is -0.143. The van der Waals surface area contributed by atoms with Crippen molar-refractivity contribution in [1.82, 2.24) is 5.32 Å². The number of thioether (sulfide) groups is 1. The van der Waals surface area contributed by atoms with E-state index in [0.717, 1.165) is 22.6 Å². The smallest absolute Gasteiger partial charge is 0.331 e. The maximum Gasteiger partial charge on any atom is 0.331 e. The average Bonchev–Trinajstić information content (AvgIpc) is 2.79. The monoisotopic (exact) mass is 443 g/mol. The number of hydrogen-bond donors (Lipinski definition) is 1. The highest BCUT2D eigenvalue weighted by atomic mass is 32.2. The second kappa shape index (κ2) is 14.1. The number of esters is 1. The molecule has 1 amide bonds. The molecule has 0 aromatic heterocycles. The quantitative estimate of drug-likeness (QED) is 0.215. The molecular formula is C24H29NO5S. The molecule has 0 radical (unpaired) electrons. The van der Waals surface area contributed by atoms with E-state index in [1.165, 1.54) is 6.08 Å². The topological polar surface area (TPSA) is 73.9 Å². The summed E-state index contributed by atoms with van der Waals surface area (Å²) in [7, 11) is 0. The summed E-state index contributed by atoms with van der Waals surface area (Å²) in [6, 6.07) is 15.4. The van der Waals surface area contributed by atoms with E-state index in [2.05, 4.69) is 5.32 Å². The van der Waals surface area contributed by atoms with Crippen molar-refractivity contribution in [2.24, 2.45) is 0 Å². The van der Waals surface area contributed by atoms with Gasteiger partial charge in [-0.05, 0) is 49.2 Å². The number of nitrogens with one attached hydrogen (secondary N) is 1. The van der Waals surface area contributed by atoms with Gasteiger partial charge in [-0.1, -0.05) is 31.2 Å². The SMILES string of the molecule is CCCOc1ccc(/C=C/C(=O)OCC(=O)NCCSc2ccccc2)cc1OCC. The molecule has 2 aromatic rings. The third-order valence-electron chi connectivity index (χ3n) is 3.92. The average molecular weight is 444 g/mol. The predicted octanol–water partition coefficient (Wildman–Crippen LogP) is 4.34. The van der Waals surface area contributed by atoms with Gasteiger partial charge in [-0.15, -0.1) is 11.8 Å². The van der Waals surface area contributed by atoms with Gasteiger partial charge < -0.3 is 19.5 Å². The number of ether oxygens (including phenoxy) is 3. The van der Waals surface area contributed by atoms with Gasteiger partial charge in [-0.2, -0.15) is 0 Å². The van der Waals surface area contributed by atoms with Crippen LogP contribution in [0.2, 0.25) is 0 Å². The minimum atomic E-state index is -0.585. The highest BCUT2D eigenvalue weighted by molar-refractivity contribution is 7.99. The van der Waals surface area contributed by atoms with Crippen LogP contribution >= 0.6 is 11.8 Å². The molecule has 0 aliphatic carbocycles. The zero-order valence-electron chi connectivity index (χ0n) is 18.0. The number of amides is 1. The summed E-state index contributed by atoms with van der Waals surface area (Å²) in [5.41, 5.74) is 0.770. The molecule has 0 heterocycles. The summed E-state index contributed by atoms with van der Waals surface area (Å²) in [6.07, 6.45) is 3.80. The molecule has 7 heteroatoms. The lowest BCUT2D eigenvalue weighted by atomic mass is 10.2. The second-order valence-corrected chi connectivity index (χ2v) is 7.61. The normalized spacial score (nSPS) is 10.6. The van der Waals surface area contributed by atoms with E-state index in [1.54, 1.807) is 23.9 Å². The maximum atomic E-state index is 11.9. The van der Waals surface area contributed by atoms with Gasteiger partial charge in [-0.25, -0.2) is 4.79 Å². The fraction of sp³-hybridized carbons (Fsp3) is 0.333. The number of hydrogen-bond acceptors (Lipinski definition) is 6. The molecule has 0 bridgehead atoms. The molecular weight excluding hydrogens is 414 g/mol. The van der Waals surface area contributed by atoms with Crippen molar-refractivity contribution in [3.63, 3.8) is 0 Å². The number of carbonyl (C=O) groups excluding carboxylic acids is 2. The summed E-state index contributed by atoms with van der Waals surface area (Å²) >= 11 is 1.65. The standard InChI is InChI=1S/C24H29NO5S/c1-3-15-29-21-12-10-19(17-22(21)28-4-2)11-13-24(27)30-18-23(26)25-14-16-31-20-8-6-5-7-9-20/h5-13,17H,3-4,14-16,18H2,1-2H3,(H,25,26)/b13-11+. The van der Waals surface area contributed by atoms with Crippen LogP contribution in [0.4, 0.5) is 0 Å². The van der Waals surface area contributed by atoms with E-state index in [0.29, 0.717) is 31.3 Å². The van der Waals surface area contributed by atoms with Crippen LogP contribution in [0.1, 0.15) is 25.8 Å². The summed E-state index contributed by atoms with van der Waals surface area (Å²) in [6.45, 7) is 5.23. The van der Waals surface area contributed by atoms with Crippen LogP contribution in [0.25, 0.3) is 6.08 Å². The molecule has 0 atom stereocenters. The first-order valence-corrected chi connectivity index (χ1v) is 11.3. The minimum absolute atomic E-state index is 0.312. The van der Waals surface area contributed by atoms with Gasteiger partial charge in [0.25, 0.3) is 5.91 Å². The molecule has 0 unspecified atom stereocenters. The zero-order chi connectivity index (χ0) is 22.3. The van der Waals surface area contributed by atoms with Crippen LogP contribution in [0.15, 0.2) is 59.5 Å². The largest absolute Gasteiger partial charge is 0.490 e. The van der Waals surface area contributed by atoms with E-state index in [9.17, 15) is 9.59 Å². The van der Waals surface area contributed by atoms with Crippen molar-refractivity contribution >= 4 is 29.7 Å². The van der Waals surface area contributed by atoms with Crippen molar-refractivity contribution in [3.8, 4) is 11.5 Å². The molecule has 6 nitrogen and oxygen atoms in total. The molecule has 0 saturated carbocycles. The van der Waals surface area contributed by atoms with Crippen LogP contribution in [0.5, 0.6) is 11.5 Å². The van der Waals surface area contributed by atoms with Crippen LogP contribution in [-0.4, -0.2) is 44.0 Å². The maximum absolute atomic E-state index is 11.9. The van der Waals surface area contributed by atoms with Crippen LogP contribution in [0.3, 0.4) is 0 Å². The van der Waals surface area contributed by atoms with E-state index < -0.39 is 5.97 Å². The molecule has 2 rings (SSSR count). The van der Waals surface area contributed by atoms with Crippen LogP contribution < -0.4 is 14.8 Å². The first kappa shape index (κ1) is 24.3. The van der Waals surface area contributed by atoms with Crippen molar-refractivity contribution < 1.29 is 23.8 Å². The Hall–Kier alpha value is -2.93. The summed E-state index contributed by atoms with van der Waals surface area (Å²) in [5, 5.41) is 2.74. The number of rotatable bonds is 13. The fourth-order valence-electron chi connectivity index (χ4n) is 2.50. The first-order chi connectivity index (χ1) is 15.1. The summed E-state index contributed by atoms with van der Waals surface area (Å²) in [4.78, 5) is 24.9. The Bertz CT molecular complexity index is 854. The molecule has 31 heavy (non-hydrogen) atoms. The second-order valence-electron chi connectivity index (χ2n) is 6.44. The molecule has 2 aromatic carbocycles. The molecule has 0 fully saturated rings. The number of carbonyl (C=O) groups is 2. The number of benzene rings is 2. The zero-order valence-corrected chi connectivity index (χ0v) is 18.8. The third-order valence-corrected chi connectivity index (χ3v) is 4.94. The van der Waals surface area contributed by atoms with Crippen molar-refractivity contribution in [2.75, 3.05) is 32.1 Å².